The maximum Gasteiger partial charge on any atom is 0.260 e. The molecule has 134 valence electrons. The van der Waals surface area contributed by atoms with Gasteiger partial charge in [-0.25, -0.2) is 4.39 Å². The van der Waals surface area contributed by atoms with Crippen LogP contribution in [0.4, 0.5) is 4.39 Å². The van der Waals surface area contributed by atoms with Crippen molar-refractivity contribution in [1.29, 1.82) is 0 Å². The maximum absolute atomic E-state index is 13.9. The number of nitrogens with zero attached hydrogens (tertiary/aromatic N) is 3. The van der Waals surface area contributed by atoms with Gasteiger partial charge in [-0.2, -0.15) is 0 Å². The summed E-state index contributed by atoms with van der Waals surface area (Å²) >= 11 is 0. The van der Waals surface area contributed by atoms with E-state index in [0.717, 1.165) is 12.8 Å². The van der Waals surface area contributed by atoms with Crippen molar-refractivity contribution >= 4 is 11.7 Å². The average Bonchev–Trinajstić information content (AvgIpc) is 2.88. The zero-order valence-corrected chi connectivity index (χ0v) is 15.4. The van der Waals surface area contributed by atoms with Crippen molar-refractivity contribution in [1.82, 2.24) is 9.80 Å². The molecule has 3 heterocycles. The highest BCUT2D eigenvalue weighted by molar-refractivity contribution is 6.23. The zero-order chi connectivity index (χ0) is 17.9. The van der Waals surface area contributed by atoms with Crippen LogP contribution in [0, 0.1) is 5.82 Å². The smallest absolute Gasteiger partial charge is 0.260 e. The van der Waals surface area contributed by atoms with Crippen LogP contribution in [-0.4, -0.2) is 52.3 Å². The normalized spacial score (nSPS) is 31.1. The molecule has 1 aromatic rings. The molecule has 0 spiro atoms. The van der Waals surface area contributed by atoms with Gasteiger partial charge in [0.25, 0.3) is 5.91 Å². The second kappa shape index (κ2) is 5.63. The van der Waals surface area contributed by atoms with Crippen molar-refractivity contribution in [2.45, 2.75) is 70.1 Å². The Morgan fingerprint density at radius 3 is 2.32 bits per heavy atom. The second-order valence-electron chi connectivity index (χ2n) is 8.65. The molecule has 2 saturated heterocycles. The molecule has 25 heavy (non-hydrogen) atoms. The van der Waals surface area contributed by atoms with Crippen molar-refractivity contribution in [3.8, 4) is 0 Å². The number of carbonyl (C=O) groups is 1. The summed E-state index contributed by atoms with van der Waals surface area (Å²) in [7, 11) is 2.19. The summed E-state index contributed by atoms with van der Waals surface area (Å²) in [6, 6.07) is 5.65. The predicted octanol–water partition coefficient (Wildman–Crippen LogP) is 3.45. The Morgan fingerprint density at radius 1 is 1.08 bits per heavy atom. The fraction of sp³-hybridized carbons (Fsp3) is 0.600. The standard InChI is InChI=1S/C20H26FN3O/c1-20(2,3)22-18-17-9-12(21)5-8-16(17)19(25)24(18)15-10-13-6-7-14(11-15)23(13)4/h5,8-9,13-15H,6-7,10-11H2,1-4H3. The molecule has 1 amide bonds. The minimum Gasteiger partial charge on any atom is -0.300 e. The molecule has 2 bridgehead atoms. The van der Waals surface area contributed by atoms with E-state index in [1.807, 2.05) is 25.7 Å². The van der Waals surface area contributed by atoms with Gasteiger partial charge in [-0.05, 0) is 71.7 Å². The third-order valence-corrected chi connectivity index (χ3v) is 5.78. The summed E-state index contributed by atoms with van der Waals surface area (Å²) in [5.74, 6) is 0.311. The van der Waals surface area contributed by atoms with E-state index < -0.39 is 0 Å². The third kappa shape index (κ3) is 2.78. The van der Waals surface area contributed by atoms with Crippen molar-refractivity contribution in [2.75, 3.05) is 7.05 Å². The summed E-state index contributed by atoms with van der Waals surface area (Å²) in [6.45, 7) is 6.04. The molecule has 1 aromatic carbocycles. The molecule has 2 atom stereocenters. The molecule has 0 aromatic heterocycles. The number of piperidine rings is 1. The molecule has 0 aliphatic carbocycles. The number of rotatable bonds is 1. The maximum atomic E-state index is 13.9. The number of fused-ring (bicyclic) bond motifs is 3. The molecule has 3 aliphatic heterocycles. The number of carbonyl (C=O) groups excluding carboxylic acids is 1. The summed E-state index contributed by atoms with van der Waals surface area (Å²) in [5.41, 5.74) is 0.897. The van der Waals surface area contributed by atoms with Crippen LogP contribution in [0.3, 0.4) is 0 Å². The van der Waals surface area contributed by atoms with Crippen molar-refractivity contribution in [3.05, 3.63) is 35.1 Å². The molecule has 0 radical (unpaired) electrons. The Bertz CT molecular complexity index is 738. The monoisotopic (exact) mass is 343 g/mol. The van der Waals surface area contributed by atoms with E-state index in [9.17, 15) is 9.18 Å². The first kappa shape index (κ1) is 16.7. The number of amides is 1. The minimum atomic E-state index is -0.327. The van der Waals surface area contributed by atoms with Crippen LogP contribution in [0.5, 0.6) is 0 Å². The zero-order valence-electron chi connectivity index (χ0n) is 15.4. The van der Waals surface area contributed by atoms with Gasteiger partial charge in [-0.3, -0.25) is 14.7 Å². The average molecular weight is 343 g/mol. The molecule has 2 unspecified atom stereocenters. The third-order valence-electron chi connectivity index (χ3n) is 5.78. The number of hydrogen-bond acceptors (Lipinski definition) is 3. The quantitative estimate of drug-likeness (QED) is 0.783. The number of benzene rings is 1. The first-order chi connectivity index (χ1) is 11.7. The van der Waals surface area contributed by atoms with Crippen molar-refractivity contribution in [3.63, 3.8) is 0 Å². The summed E-state index contributed by atoms with van der Waals surface area (Å²) in [6.07, 6.45) is 4.34. The Hall–Kier alpha value is -1.75. The van der Waals surface area contributed by atoms with Crippen molar-refractivity contribution in [2.24, 2.45) is 4.99 Å². The van der Waals surface area contributed by atoms with Crippen LogP contribution in [0.1, 0.15) is 62.4 Å². The molecule has 2 fully saturated rings. The molecule has 0 N–H and O–H groups in total. The summed E-state index contributed by atoms with van der Waals surface area (Å²) in [4.78, 5) is 22.3. The highest BCUT2D eigenvalue weighted by Gasteiger charge is 2.46. The number of amidine groups is 1. The van der Waals surface area contributed by atoms with E-state index in [4.69, 9.17) is 4.99 Å². The van der Waals surface area contributed by atoms with Crippen LogP contribution in [-0.2, 0) is 0 Å². The van der Waals surface area contributed by atoms with Gasteiger partial charge >= 0.3 is 0 Å². The largest absolute Gasteiger partial charge is 0.300 e. The van der Waals surface area contributed by atoms with Gasteiger partial charge in [-0.15, -0.1) is 0 Å². The Morgan fingerprint density at radius 2 is 1.72 bits per heavy atom. The van der Waals surface area contributed by atoms with E-state index in [0.29, 0.717) is 29.0 Å². The predicted molar refractivity (Wildman–Crippen MR) is 96.5 cm³/mol. The molecule has 0 saturated carbocycles. The lowest BCUT2D eigenvalue weighted by atomic mass is 9.96. The lowest BCUT2D eigenvalue weighted by molar-refractivity contribution is 0.0687. The Balaban J connectivity index is 1.76. The molecule has 3 aliphatic rings. The molecule has 5 heteroatoms. The molecular formula is C20H26FN3O. The Kier molecular flexibility index (Phi) is 3.76. The molecular weight excluding hydrogens is 317 g/mol. The van der Waals surface area contributed by atoms with E-state index >= 15 is 0 Å². The summed E-state index contributed by atoms with van der Waals surface area (Å²) < 4.78 is 13.9. The van der Waals surface area contributed by atoms with Gasteiger partial charge in [0.2, 0.25) is 0 Å². The van der Waals surface area contributed by atoms with Gasteiger partial charge in [0.15, 0.2) is 0 Å². The highest BCUT2D eigenvalue weighted by atomic mass is 19.1. The van der Waals surface area contributed by atoms with E-state index in [1.54, 1.807) is 6.07 Å². The van der Waals surface area contributed by atoms with Gasteiger partial charge in [0.05, 0.1) is 11.1 Å². The van der Waals surface area contributed by atoms with Crippen molar-refractivity contribution < 1.29 is 9.18 Å². The van der Waals surface area contributed by atoms with Crippen LogP contribution in [0.15, 0.2) is 23.2 Å². The van der Waals surface area contributed by atoms with Gasteiger partial charge < -0.3 is 4.90 Å². The van der Waals surface area contributed by atoms with Crippen LogP contribution >= 0.6 is 0 Å². The fourth-order valence-electron chi connectivity index (χ4n) is 4.61. The Labute approximate surface area is 148 Å². The van der Waals surface area contributed by atoms with Crippen LogP contribution in [0.25, 0.3) is 0 Å². The first-order valence-electron chi connectivity index (χ1n) is 9.20. The van der Waals surface area contributed by atoms with E-state index in [1.165, 1.54) is 25.0 Å². The second-order valence-corrected chi connectivity index (χ2v) is 8.65. The fourth-order valence-corrected chi connectivity index (χ4v) is 4.61. The highest BCUT2D eigenvalue weighted by Crippen LogP contribution is 2.39. The molecule has 4 rings (SSSR count). The molecule has 4 nitrogen and oxygen atoms in total. The van der Waals surface area contributed by atoms with Crippen LogP contribution < -0.4 is 0 Å². The van der Waals surface area contributed by atoms with E-state index in [2.05, 4.69) is 11.9 Å². The lowest BCUT2D eigenvalue weighted by Gasteiger charge is -2.40. The SMILES string of the molecule is CN1C2CCC1CC(N1C(=O)c3ccc(F)cc3C1=NC(C)(C)C)C2. The lowest BCUT2D eigenvalue weighted by Crippen LogP contribution is -2.51. The van der Waals surface area contributed by atoms with Gasteiger partial charge in [0.1, 0.15) is 11.7 Å². The topological polar surface area (TPSA) is 35.9 Å². The number of halogens is 1. The number of aliphatic imine (C=N–C) groups is 1. The van der Waals surface area contributed by atoms with Gasteiger partial charge in [0, 0.05) is 23.7 Å². The van der Waals surface area contributed by atoms with Crippen LogP contribution in [0.2, 0.25) is 0 Å². The first-order valence-corrected chi connectivity index (χ1v) is 9.20. The summed E-state index contributed by atoms with van der Waals surface area (Å²) in [5, 5.41) is 0. The van der Waals surface area contributed by atoms with E-state index in [-0.39, 0.29) is 23.3 Å². The van der Waals surface area contributed by atoms with Gasteiger partial charge in [-0.1, -0.05) is 0 Å². The minimum absolute atomic E-state index is 0.0213. The number of hydrogen-bond donors (Lipinski definition) is 0.